The number of hydrogen-bond acceptors (Lipinski definition) is 2. The zero-order valence-corrected chi connectivity index (χ0v) is 14.3. The summed E-state index contributed by atoms with van der Waals surface area (Å²) in [5, 5.41) is 3.23. The van der Waals surface area contributed by atoms with E-state index < -0.39 is 0 Å². The smallest absolute Gasteiger partial charge is 0.234 e. The average molecular weight is 322 g/mol. The van der Waals surface area contributed by atoms with Gasteiger partial charge in [0, 0.05) is 6.54 Å². The van der Waals surface area contributed by atoms with Crippen molar-refractivity contribution in [2.45, 2.75) is 25.8 Å². The predicted molar refractivity (Wildman–Crippen MR) is 97.7 cm³/mol. The normalized spacial score (nSPS) is 18.5. The van der Waals surface area contributed by atoms with Crippen LogP contribution in [-0.2, 0) is 4.79 Å². The van der Waals surface area contributed by atoms with Gasteiger partial charge in [-0.05, 0) is 36.4 Å². The Kier molecular flexibility index (Phi) is 5.65. The lowest BCUT2D eigenvalue weighted by molar-refractivity contribution is -0.123. The molecule has 3 rings (SSSR count). The number of likely N-dealkylation sites (tertiary alicyclic amines) is 1. The van der Waals surface area contributed by atoms with E-state index >= 15 is 0 Å². The summed E-state index contributed by atoms with van der Waals surface area (Å²) in [6.07, 6.45) is 2.46. The number of nitrogens with one attached hydrogen (secondary N) is 1. The highest BCUT2D eigenvalue weighted by molar-refractivity contribution is 5.79. The molecule has 3 nitrogen and oxygen atoms in total. The Morgan fingerprint density at radius 2 is 1.67 bits per heavy atom. The predicted octanol–water partition coefficient (Wildman–Crippen LogP) is 3.62. The zero-order chi connectivity index (χ0) is 16.8. The Morgan fingerprint density at radius 3 is 2.21 bits per heavy atom. The van der Waals surface area contributed by atoms with Crippen LogP contribution in [0.25, 0.3) is 0 Å². The molecule has 1 atom stereocenters. The molecule has 0 spiro atoms. The molecule has 1 amide bonds. The second-order valence-electron chi connectivity index (χ2n) is 6.80. The van der Waals surface area contributed by atoms with Crippen LogP contribution in [0.4, 0.5) is 0 Å². The molecule has 3 heteroatoms. The van der Waals surface area contributed by atoms with Crippen molar-refractivity contribution in [3.63, 3.8) is 0 Å². The molecule has 2 aromatic carbocycles. The molecule has 0 unspecified atom stereocenters. The SMILES string of the molecule is C[C@H]1CCCN(CC(=O)NC(c2ccccc2)c2ccccc2)C1. The van der Waals surface area contributed by atoms with Crippen molar-refractivity contribution in [2.24, 2.45) is 5.92 Å². The van der Waals surface area contributed by atoms with Gasteiger partial charge in [0.1, 0.15) is 0 Å². The van der Waals surface area contributed by atoms with E-state index in [1.165, 1.54) is 12.8 Å². The number of nitrogens with zero attached hydrogens (tertiary/aromatic N) is 1. The van der Waals surface area contributed by atoms with Crippen molar-refractivity contribution in [3.8, 4) is 0 Å². The molecule has 1 heterocycles. The third kappa shape index (κ3) is 4.45. The summed E-state index contributed by atoms with van der Waals surface area (Å²) in [4.78, 5) is 14.9. The van der Waals surface area contributed by atoms with Crippen LogP contribution in [0.2, 0.25) is 0 Å². The fourth-order valence-corrected chi connectivity index (χ4v) is 3.49. The van der Waals surface area contributed by atoms with Crippen LogP contribution in [0.15, 0.2) is 60.7 Å². The minimum atomic E-state index is -0.0953. The highest BCUT2D eigenvalue weighted by atomic mass is 16.2. The molecule has 1 aliphatic rings. The summed E-state index contributed by atoms with van der Waals surface area (Å²) < 4.78 is 0. The first-order chi connectivity index (χ1) is 11.7. The van der Waals surface area contributed by atoms with Crippen LogP contribution in [0.3, 0.4) is 0 Å². The van der Waals surface area contributed by atoms with Gasteiger partial charge in [-0.1, -0.05) is 67.6 Å². The maximum atomic E-state index is 12.6. The van der Waals surface area contributed by atoms with E-state index in [4.69, 9.17) is 0 Å². The maximum absolute atomic E-state index is 12.6. The number of amides is 1. The van der Waals surface area contributed by atoms with Gasteiger partial charge in [0.05, 0.1) is 12.6 Å². The van der Waals surface area contributed by atoms with Gasteiger partial charge in [-0.15, -0.1) is 0 Å². The molecule has 2 aromatic rings. The Balaban J connectivity index is 1.71. The van der Waals surface area contributed by atoms with E-state index in [1.54, 1.807) is 0 Å². The summed E-state index contributed by atoms with van der Waals surface area (Å²) >= 11 is 0. The van der Waals surface area contributed by atoms with E-state index in [9.17, 15) is 4.79 Å². The van der Waals surface area contributed by atoms with E-state index in [1.807, 2.05) is 36.4 Å². The summed E-state index contributed by atoms with van der Waals surface area (Å²) in [6, 6.07) is 20.3. The molecule has 1 aliphatic heterocycles. The third-order valence-corrected chi connectivity index (χ3v) is 4.68. The van der Waals surface area contributed by atoms with Gasteiger partial charge in [-0.25, -0.2) is 0 Å². The fourth-order valence-electron chi connectivity index (χ4n) is 3.49. The fraction of sp³-hybridized carbons (Fsp3) is 0.381. The first-order valence-corrected chi connectivity index (χ1v) is 8.84. The number of rotatable bonds is 5. The van der Waals surface area contributed by atoms with Gasteiger partial charge in [0.25, 0.3) is 0 Å². The van der Waals surface area contributed by atoms with E-state index in [0.29, 0.717) is 12.5 Å². The van der Waals surface area contributed by atoms with E-state index in [2.05, 4.69) is 41.4 Å². The largest absolute Gasteiger partial charge is 0.344 e. The molecule has 1 fully saturated rings. The molecule has 0 bridgehead atoms. The van der Waals surface area contributed by atoms with Crippen LogP contribution in [0.1, 0.15) is 36.9 Å². The van der Waals surface area contributed by atoms with Gasteiger partial charge in [-0.3, -0.25) is 9.69 Å². The third-order valence-electron chi connectivity index (χ3n) is 4.68. The van der Waals surface area contributed by atoms with Crippen molar-refractivity contribution >= 4 is 5.91 Å². The Bertz CT molecular complexity index is 602. The second-order valence-corrected chi connectivity index (χ2v) is 6.80. The van der Waals surface area contributed by atoms with Crippen LogP contribution in [-0.4, -0.2) is 30.4 Å². The number of hydrogen-bond donors (Lipinski definition) is 1. The average Bonchev–Trinajstić information content (AvgIpc) is 2.61. The highest BCUT2D eigenvalue weighted by Gasteiger charge is 2.21. The van der Waals surface area contributed by atoms with Crippen molar-refractivity contribution in [3.05, 3.63) is 71.8 Å². The minimum absolute atomic E-state index is 0.0953. The molecule has 0 radical (unpaired) electrons. The van der Waals surface area contributed by atoms with Crippen LogP contribution >= 0.6 is 0 Å². The zero-order valence-electron chi connectivity index (χ0n) is 14.3. The van der Waals surface area contributed by atoms with E-state index in [0.717, 1.165) is 24.2 Å². The molecule has 126 valence electrons. The van der Waals surface area contributed by atoms with Crippen LogP contribution in [0.5, 0.6) is 0 Å². The molecule has 0 saturated carbocycles. The highest BCUT2D eigenvalue weighted by Crippen LogP contribution is 2.22. The summed E-state index contributed by atoms with van der Waals surface area (Å²) in [6.45, 7) is 4.80. The molecular formula is C21H26N2O. The molecule has 0 aromatic heterocycles. The monoisotopic (exact) mass is 322 g/mol. The van der Waals surface area contributed by atoms with Crippen molar-refractivity contribution in [2.75, 3.05) is 19.6 Å². The van der Waals surface area contributed by atoms with Gasteiger partial charge < -0.3 is 5.32 Å². The minimum Gasteiger partial charge on any atom is -0.344 e. The molecule has 24 heavy (non-hydrogen) atoms. The second kappa shape index (κ2) is 8.11. The summed E-state index contributed by atoms with van der Waals surface area (Å²) in [7, 11) is 0. The first-order valence-electron chi connectivity index (χ1n) is 8.84. The van der Waals surface area contributed by atoms with Gasteiger partial charge in [0.2, 0.25) is 5.91 Å². The van der Waals surface area contributed by atoms with Crippen LogP contribution in [0, 0.1) is 5.92 Å². The Hall–Kier alpha value is -2.13. The lowest BCUT2D eigenvalue weighted by Crippen LogP contribution is -2.43. The van der Waals surface area contributed by atoms with E-state index in [-0.39, 0.29) is 11.9 Å². The molecular weight excluding hydrogens is 296 g/mol. The lowest BCUT2D eigenvalue weighted by atomic mass is 9.98. The molecule has 0 aliphatic carbocycles. The van der Waals surface area contributed by atoms with Crippen molar-refractivity contribution < 1.29 is 4.79 Å². The summed E-state index contributed by atoms with van der Waals surface area (Å²) in [5.41, 5.74) is 2.23. The van der Waals surface area contributed by atoms with Crippen molar-refractivity contribution in [1.82, 2.24) is 10.2 Å². The van der Waals surface area contributed by atoms with Crippen LogP contribution < -0.4 is 5.32 Å². The lowest BCUT2D eigenvalue weighted by Gasteiger charge is -2.31. The number of piperidine rings is 1. The summed E-state index contributed by atoms with van der Waals surface area (Å²) in [5.74, 6) is 0.785. The number of benzene rings is 2. The van der Waals surface area contributed by atoms with Gasteiger partial charge in [0.15, 0.2) is 0 Å². The topological polar surface area (TPSA) is 32.3 Å². The molecule has 1 N–H and O–H groups in total. The number of carbonyl (C=O) groups excluding carboxylic acids is 1. The number of carbonyl (C=O) groups is 1. The van der Waals surface area contributed by atoms with Crippen molar-refractivity contribution in [1.29, 1.82) is 0 Å². The standard InChI is InChI=1S/C21H26N2O/c1-17-9-8-14-23(15-17)16-20(24)22-21(18-10-4-2-5-11-18)19-12-6-3-7-13-19/h2-7,10-13,17,21H,8-9,14-16H2,1H3,(H,22,24)/t17-/m0/s1. The Labute approximate surface area is 144 Å². The Morgan fingerprint density at radius 1 is 1.08 bits per heavy atom. The van der Waals surface area contributed by atoms with Gasteiger partial charge >= 0.3 is 0 Å². The maximum Gasteiger partial charge on any atom is 0.234 e. The van der Waals surface area contributed by atoms with Gasteiger partial charge in [-0.2, -0.15) is 0 Å². The molecule has 1 saturated heterocycles. The first kappa shape index (κ1) is 16.7. The quantitative estimate of drug-likeness (QED) is 0.912.